The zero-order valence-electron chi connectivity index (χ0n) is 9.39. The molecule has 0 fully saturated rings. The molecule has 1 aromatic carbocycles. The van der Waals surface area contributed by atoms with Gasteiger partial charge in [0.2, 0.25) is 0 Å². The van der Waals surface area contributed by atoms with Crippen LogP contribution in [0.5, 0.6) is 0 Å². The third-order valence-electron chi connectivity index (χ3n) is 1.95. The molecule has 6 heteroatoms. The first-order chi connectivity index (χ1) is 8.65. The van der Waals surface area contributed by atoms with Gasteiger partial charge in [-0.05, 0) is 18.2 Å². The number of nitrogens with zero attached hydrogens (tertiary/aromatic N) is 2. The van der Waals surface area contributed by atoms with E-state index in [9.17, 15) is 14.9 Å². The van der Waals surface area contributed by atoms with Gasteiger partial charge in [0.25, 0.3) is 5.69 Å². The normalized spacial score (nSPS) is 8.89. The van der Waals surface area contributed by atoms with Crippen molar-refractivity contribution in [1.82, 2.24) is 4.98 Å². The van der Waals surface area contributed by atoms with Crippen molar-refractivity contribution in [3.05, 3.63) is 64.3 Å². The van der Waals surface area contributed by atoms with Gasteiger partial charge in [-0.3, -0.25) is 14.9 Å². The van der Waals surface area contributed by atoms with Crippen molar-refractivity contribution in [3.8, 4) is 0 Å². The van der Waals surface area contributed by atoms with E-state index in [0.717, 1.165) is 0 Å². The van der Waals surface area contributed by atoms with Crippen molar-refractivity contribution in [2.24, 2.45) is 0 Å². The maximum atomic E-state index is 10.2. The molecule has 0 unspecified atom stereocenters. The smallest absolute Gasteiger partial charge is 0.279 e. The molecule has 0 aliphatic heterocycles. The van der Waals surface area contributed by atoms with Crippen LogP contribution < -0.4 is 5.73 Å². The Balaban J connectivity index is 0.000000199. The molecular formula is C12H11N3O3. The van der Waals surface area contributed by atoms with E-state index >= 15 is 0 Å². The second-order valence-corrected chi connectivity index (χ2v) is 3.19. The van der Waals surface area contributed by atoms with Gasteiger partial charge in [0.05, 0.1) is 10.5 Å². The van der Waals surface area contributed by atoms with Crippen LogP contribution in [0.4, 0.5) is 11.5 Å². The fourth-order valence-electron chi connectivity index (χ4n) is 1.13. The number of benzene rings is 1. The van der Waals surface area contributed by atoms with Crippen LogP contribution in [0.3, 0.4) is 0 Å². The van der Waals surface area contributed by atoms with Crippen LogP contribution in [0.25, 0.3) is 0 Å². The number of para-hydroxylation sites is 1. The lowest BCUT2D eigenvalue weighted by Crippen LogP contribution is -1.92. The highest BCUT2D eigenvalue weighted by molar-refractivity contribution is 5.81. The van der Waals surface area contributed by atoms with Crippen molar-refractivity contribution >= 4 is 17.8 Å². The van der Waals surface area contributed by atoms with Gasteiger partial charge < -0.3 is 5.73 Å². The van der Waals surface area contributed by atoms with Crippen molar-refractivity contribution in [2.75, 3.05) is 5.73 Å². The van der Waals surface area contributed by atoms with Gasteiger partial charge in [-0.25, -0.2) is 4.98 Å². The van der Waals surface area contributed by atoms with Gasteiger partial charge in [0, 0.05) is 12.3 Å². The number of carbonyl (C=O) groups excluding carboxylic acids is 1. The molecule has 18 heavy (non-hydrogen) atoms. The van der Waals surface area contributed by atoms with Crippen molar-refractivity contribution in [3.63, 3.8) is 0 Å². The van der Waals surface area contributed by atoms with E-state index in [2.05, 4.69) is 4.98 Å². The second kappa shape index (κ2) is 6.74. The summed E-state index contributed by atoms with van der Waals surface area (Å²) < 4.78 is 0. The Morgan fingerprint density at radius 2 is 1.83 bits per heavy atom. The fraction of sp³-hybridized carbons (Fsp3) is 0. The van der Waals surface area contributed by atoms with Crippen molar-refractivity contribution in [1.29, 1.82) is 0 Å². The summed E-state index contributed by atoms with van der Waals surface area (Å²) in [5.41, 5.74) is 5.20. The maximum absolute atomic E-state index is 10.2. The number of rotatable bonds is 2. The van der Waals surface area contributed by atoms with Crippen LogP contribution in [0.2, 0.25) is 0 Å². The largest absolute Gasteiger partial charge is 0.384 e. The number of nitro benzene ring substituents is 1. The molecule has 6 nitrogen and oxygen atoms in total. The topological polar surface area (TPSA) is 99.1 Å². The molecule has 0 saturated carbocycles. The van der Waals surface area contributed by atoms with Gasteiger partial charge in [0.1, 0.15) is 5.82 Å². The van der Waals surface area contributed by atoms with Crippen LogP contribution in [0.1, 0.15) is 10.4 Å². The molecule has 2 aromatic rings. The number of aldehydes is 1. The molecule has 0 spiro atoms. The summed E-state index contributed by atoms with van der Waals surface area (Å²) in [4.78, 5) is 23.6. The monoisotopic (exact) mass is 245 g/mol. The Morgan fingerprint density at radius 3 is 2.22 bits per heavy atom. The summed E-state index contributed by atoms with van der Waals surface area (Å²) >= 11 is 0. The highest BCUT2D eigenvalue weighted by Gasteiger charge is 2.09. The third-order valence-corrected chi connectivity index (χ3v) is 1.95. The Bertz CT molecular complexity index is 529. The predicted octanol–water partition coefficient (Wildman–Crippen LogP) is 2.07. The quantitative estimate of drug-likeness (QED) is 0.496. The maximum Gasteiger partial charge on any atom is 0.279 e. The first-order valence-corrected chi connectivity index (χ1v) is 5.00. The van der Waals surface area contributed by atoms with Crippen LogP contribution in [0, 0.1) is 10.1 Å². The highest BCUT2D eigenvalue weighted by Crippen LogP contribution is 2.14. The van der Waals surface area contributed by atoms with Crippen LogP contribution in [-0.4, -0.2) is 16.2 Å². The van der Waals surface area contributed by atoms with Gasteiger partial charge in [0.15, 0.2) is 6.29 Å². The summed E-state index contributed by atoms with van der Waals surface area (Å²) in [6, 6.07) is 11.2. The lowest BCUT2D eigenvalue weighted by Gasteiger charge is -1.91. The van der Waals surface area contributed by atoms with E-state index in [4.69, 9.17) is 5.73 Å². The van der Waals surface area contributed by atoms with Crippen LogP contribution in [0.15, 0.2) is 48.7 Å². The van der Waals surface area contributed by atoms with Crippen LogP contribution in [-0.2, 0) is 0 Å². The molecule has 0 saturated heterocycles. The number of nitrogen functional groups attached to an aromatic ring is 1. The molecule has 2 rings (SSSR count). The van der Waals surface area contributed by atoms with Gasteiger partial charge in [-0.1, -0.05) is 18.2 Å². The molecular weight excluding hydrogens is 234 g/mol. The van der Waals surface area contributed by atoms with Gasteiger partial charge >= 0.3 is 0 Å². The standard InChI is InChI=1S/C7H5NO3.C5H6N2/c9-5-6-3-1-2-4-7(6)8(10)11;6-5-3-1-2-4-7-5/h1-5H;1-4H,(H2,6,7). The molecule has 0 bridgehead atoms. The van der Waals surface area contributed by atoms with Gasteiger partial charge in [-0.2, -0.15) is 0 Å². The Kier molecular flexibility index (Phi) is 4.98. The third kappa shape index (κ3) is 4.01. The summed E-state index contributed by atoms with van der Waals surface area (Å²) in [7, 11) is 0. The fourth-order valence-corrected chi connectivity index (χ4v) is 1.13. The SMILES string of the molecule is Nc1ccccn1.O=Cc1ccccc1[N+](=O)[O-]. The molecule has 92 valence electrons. The van der Waals surface area contributed by atoms with E-state index in [0.29, 0.717) is 12.1 Å². The molecule has 0 atom stereocenters. The zero-order valence-corrected chi connectivity index (χ0v) is 9.39. The Labute approximate surface area is 103 Å². The molecule has 0 radical (unpaired) electrons. The van der Waals surface area contributed by atoms with Gasteiger partial charge in [-0.15, -0.1) is 0 Å². The minimum atomic E-state index is -0.580. The Morgan fingerprint density at radius 1 is 1.17 bits per heavy atom. The van der Waals surface area contributed by atoms with E-state index in [1.165, 1.54) is 18.2 Å². The van der Waals surface area contributed by atoms with E-state index in [-0.39, 0.29) is 11.3 Å². The summed E-state index contributed by atoms with van der Waals surface area (Å²) in [6.45, 7) is 0. The molecule has 1 heterocycles. The van der Waals surface area contributed by atoms with E-state index < -0.39 is 4.92 Å². The minimum absolute atomic E-state index is 0.109. The molecule has 0 aliphatic carbocycles. The van der Waals surface area contributed by atoms with E-state index in [1.54, 1.807) is 18.3 Å². The summed E-state index contributed by atoms with van der Waals surface area (Å²) in [5, 5.41) is 10.2. The summed E-state index contributed by atoms with van der Waals surface area (Å²) in [5.74, 6) is 0.572. The van der Waals surface area contributed by atoms with E-state index in [1.807, 2.05) is 12.1 Å². The van der Waals surface area contributed by atoms with Crippen molar-refractivity contribution < 1.29 is 9.72 Å². The minimum Gasteiger partial charge on any atom is -0.384 e. The number of nitro groups is 1. The second-order valence-electron chi connectivity index (χ2n) is 3.19. The molecule has 0 amide bonds. The lowest BCUT2D eigenvalue weighted by molar-refractivity contribution is -0.385. The number of nitrogens with two attached hydrogens (primary N) is 1. The zero-order chi connectivity index (χ0) is 13.4. The number of anilines is 1. The number of aromatic nitrogens is 1. The first-order valence-electron chi connectivity index (χ1n) is 5.00. The number of pyridine rings is 1. The average molecular weight is 245 g/mol. The van der Waals surface area contributed by atoms with Crippen LogP contribution >= 0.6 is 0 Å². The highest BCUT2D eigenvalue weighted by atomic mass is 16.6. The summed E-state index contributed by atoms with van der Waals surface area (Å²) in [6.07, 6.45) is 2.13. The molecule has 0 aliphatic rings. The lowest BCUT2D eigenvalue weighted by atomic mass is 10.2. The molecule has 2 N–H and O–H groups in total. The Hall–Kier alpha value is -2.76. The average Bonchev–Trinajstić information content (AvgIpc) is 2.40. The number of carbonyl (C=O) groups is 1. The first kappa shape index (κ1) is 13.3. The number of hydrogen-bond donors (Lipinski definition) is 1. The van der Waals surface area contributed by atoms with Crippen molar-refractivity contribution in [2.45, 2.75) is 0 Å². The predicted molar refractivity (Wildman–Crippen MR) is 67.1 cm³/mol. The number of hydrogen-bond acceptors (Lipinski definition) is 5. The molecule has 1 aromatic heterocycles.